The fourth-order valence-electron chi connectivity index (χ4n) is 1.67. The second-order valence-electron chi connectivity index (χ2n) is 4.33. The molecule has 0 bridgehead atoms. The van der Waals surface area contributed by atoms with Crippen molar-refractivity contribution in [2.24, 2.45) is 0 Å². The highest BCUT2D eigenvalue weighted by molar-refractivity contribution is 6.42. The van der Waals surface area contributed by atoms with Crippen LogP contribution in [-0.4, -0.2) is 11.0 Å². The van der Waals surface area contributed by atoms with Gasteiger partial charge in [0.1, 0.15) is 5.82 Å². The summed E-state index contributed by atoms with van der Waals surface area (Å²) in [7, 11) is 0. The number of hydrogen-bond acceptors (Lipinski definition) is 3. The second-order valence-corrected chi connectivity index (χ2v) is 5.15. The Morgan fingerprint density at radius 3 is 2.62 bits per heavy atom. The quantitative estimate of drug-likeness (QED) is 0.808. The zero-order valence-electron chi connectivity index (χ0n) is 11.1. The first-order valence-electron chi connectivity index (χ1n) is 6.21. The number of urea groups is 1. The third-order valence-corrected chi connectivity index (χ3v) is 3.54. The summed E-state index contributed by atoms with van der Waals surface area (Å²) in [5.41, 5.74) is 7.32. The van der Waals surface area contributed by atoms with Gasteiger partial charge in [0.2, 0.25) is 0 Å². The number of nitrogens with zero attached hydrogens (tertiary/aromatic N) is 1. The molecule has 0 unspecified atom stereocenters. The zero-order valence-corrected chi connectivity index (χ0v) is 12.6. The first kappa shape index (κ1) is 15.4. The lowest BCUT2D eigenvalue weighted by Crippen LogP contribution is -2.34. The summed E-state index contributed by atoms with van der Waals surface area (Å²) < 4.78 is 0. The van der Waals surface area contributed by atoms with Gasteiger partial charge in [0.15, 0.2) is 0 Å². The van der Waals surface area contributed by atoms with Gasteiger partial charge in [-0.1, -0.05) is 35.3 Å². The highest BCUT2D eigenvalue weighted by atomic mass is 35.5. The highest BCUT2D eigenvalue weighted by Gasteiger charge is 2.04. The van der Waals surface area contributed by atoms with Gasteiger partial charge in [-0.05, 0) is 23.8 Å². The lowest BCUT2D eigenvalue weighted by Gasteiger charge is -2.09. The molecular weight excluding hydrogens is 311 g/mol. The number of hydrogen-bond donors (Lipinski definition) is 3. The number of nitrogens with one attached hydrogen (secondary N) is 2. The summed E-state index contributed by atoms with van der Waals surface area (Å²) in [5.74, 6) is 0.405. The zero-order chi connectivity index (χ0) is 15.2. The number of rotatable bonds is 4. The van der Waals surface area contributed by atoms with Crippen LogP contribution in [0.4, 0.5) is 10.6 Å². The van der Waals surface area contributed by atoms with E-state index in [2.05, 4.69) is 15.6 Å². The predicted octanol–water partition coefficient (Wildman–Crippen LogP) is 2.97. The monoisotopic (exact) mass is 324 g/mol. The Bertz CT molecular complexity index is 649. The molecule has 0 aliphatic carbocycles. The Morgan fingerprint density at radius 1 is 1.14 bits per heavy atom. The van der Waals surface area contributed by atoms with Gasteiger partial charge in [-0.2, -0.15) is 0 Å². The summed E-state index contributed by atoms with van der Waals surface area (Å²) in [4.78, 5) is 15.7. The molecule has 0 spiro atoms. The Hall–Kier alpha value is -1.98. The molecule has 2 rings (SSSR count). The lowest BCUT2D eigenvalue weighted by atomic mass is 10.2. The van der Waals surface area contributed by atoms with Crippen LogP contribution < -0.4 is 16.4 Å². The summed E-state index contributed by atoms with van der Waals surface area (Å²) in [6, 6.07) is 8.47. The van der Waals surface area contributed by atoms with E-state index in [9.17, 15) is 4.79 Å². The van der Waals surface area contributed by atoms with Crippen LogP contribution in [0.25, 0.3) is 0 Å². The Labute approximate surface area is 132 Å². The van der Waals surface area contributed by atoms with Crippen molar-refractivity contribution in [3.05, 3.63) is 57.7 Å². The number of nitrogens with two attached hydrogens (primary N) is 1. The Morgan fingerprint density at radius 2 is 1.90 bits per heavy atom. The predicted molar refractivity (Wildman–Crippen MR) is 84.2 cm³/mol. The number of aromatic nitrogens is 1. The second kappa shape index (κ2) is 7.15. The third kappa shape index (κ3) is 4.51. The van der Waals surface area contributed by atoms with Gasteiger partial charge < -0.3 is 16.4 Å². The van der Waals surface area contributed by atoms with Gasteiger partial charge in [0, 0.05) is 24.8 Å². The van der Waals surface area contributed by atoms with Crippen molar-refractivity contribution >= 4 is 35.1 Å². The maximum atomic E-state index is 11.7. The molecule has 4 N–H and O–H groups in total. The fraction of sp³-hybridized carbons (Fsp3) is 0.143. The maximum Gasteiger partial charge on any atom is 0.315 e. The van der Waals surface area contributed by atoms with E-state index < -0.39 is 0 Å². The molecule has 0 saturated carbocycles. The normalized spacial score (nSPS) is 10.2. The number of benzene rings is 1. The minimum Gasteiger partial charge on any atom is -0.383 e. The topological polar surface area (TPSA) is 80.0 Å². The van der Waals surface area contributed by atoms with Crippen LogP contribution in [0, 0.1) is 0 Å². The van der Waals surface area contributed by atoms with Gasteiger partial charge >= 0.3 is 6.03 Å². The minimum absolute atomic E-state index is 0.302. The Balaban J connectivity index is 1.82. The maximum absolute atomic E-state index is 11.7. The molecule has 0 fully saturated rings. The van der Waals surface area contributed by atoms with Crippen molar-refractivity contribution in [3.8, 4) is 0 Å². The lowest BCUT2D eigenvalue weighted by molar-refractivity contribution is 0.240. The summed E-state index contributed by atoms with van der Waals surface area (Å²) in [6.07, 6.45) is 1.60. The molecule has 110 valence electrons. The van der Waals surface area contributed by atoms with E-state index in [1.54, 1.807) is 30.5 Å². The molecule has 1 aromatic heterocycles. The molecule has 7 heteroatoms. The van der Waals surface area contributed by atoms with E-state index >= 15 is 0 Å². The van der Waals surface area contributed by atoms with E-state index in [4.69, 9.17) is 28.9 Å². The van der Waals surface area contributed by atoms with Crippen LogP contribution >= 0.6 is 23.2 Å². The van der Waals surface area contributed by atoms with Gasteiger partial charge in [-0.25, -0.2) is 9.78 Å². The standard InChI is InChI=1S/C14H14Cl2N4O/c15-11-4-3-9(6-12(11)16)7-19-14(21)20-8-10-2-1-5-18-13(10)17/h1-6H,7-8H2,(H2,17,18)(H2,19,20,21). The molecule has 21 heavy (non-hydrogen) atoms. The smallest absolute Gasteiger partial charge is 0.315 e. The van der Waals surface area contributed by atoms with E-state index in [1.165, 1.54) is 0 Å². The Kier molecular flexibility index (Phi) is 5.25. The first-order valence-corrected chi connectivity index (χ1v) is 6.97. The van der Waals surface area contributed by atoms with E-state index in [0.29, 0.717) is 29.0 Å². The molecule has 0 radical (unpaired) electrons. The number of amides is 2. The number of pyridine rings is 1. The number of halogens is 2. The van der Waals surface area contributed by atoms with Crippen LogP contribution in [0.5, 0.6) is 0 Å². The SMILES string of the molecule is Nc1ncccc1CNC(=O)NCc1ccc(Cl)c(Cl)c1. The van der Waals surface area contributed by atoms with E-state index in [-0.39, 0.29) is 6.03 Å². The van der Waals surface area contributed by atoms with Crippen molar-refractivity contribution in [2.75, 3.05) is 5.73 Å². The number of carbonyl (C=O) groups is 1. The molecule has 5 nitrogen and oxygen atoms in total. The third-order valence-electron chi connectivity index (χ3n) is 2.80. The summed E-state index contributed by atoms with van der Waals surface area (Å²) in [5, 5.41) is 6.37. The molecule has 0 aliphatic rings. The van der Waals surface area contributed by atoms with Crippen molar-refractivity contribution in [3.63, 3.8) is 0 Å². The number of anilines is 1. The average Bonchev–Trinajstić information content (AvgIpc) is 2.47. The number of carbonyl (C=O) groups excluding carboxylic acids is 1. The number of nitrogen functional groups attached to an aromatic ring is 1. The summed E-state index contributed by atoms with van der Waals surface area (Å²) >= 11 is 11.7. The van der Waals surface area contributed by atoms with E-state index in [0.717, 1.165) is 11.1 Å². The molecule has 2 amide bonds. The van der Waals surface area contributed by atoms with Crippen molar-refractivity contribution in [1.29, 1.82) is 0 Å². The van der Waals surface area contributed by atoms with Crippen molar-refractivity contribution < 1.29 is 4.79 Å². The van der Waals surface area contributed by atoms with Crippen LogP contribution in [0.15, 0.2) is 36.5 Å². The van der Waals surface area contributed by atoms with Gasteiger partial charge in [-0.15, -0.1) is 0 Å². The largest absolute Gasteiger partial charge is 0.383 e. The molecular formula is C14H14Cl2N4O. The minimum atomic E-state index is -0.302. The van der Waals surface area contributed by atoms with Crippen molar-refractivity contribution in [2.45, 2.75) is 13.1 Å². The molecule has 1 heterocycles. The van der Waals surface area contributed by atoms with Crippen LogP contribution in [0.3, 0.4) is 0 Å². The fourth-order valence-corrected chi connectivity index (χ4v) is 1.99. The van der Waals surface area contributed by atoms with E-state index in [1.807, 2.05) is 6.07 Å². The molecule has 0 aliphatic heterocycles. The van der Waals surface area contributed by atoms with Crippen molar-refractivity contribution in [1.82, 2.24) is 15.6 Å². The first-order chi connectivity index (χ1) is 10.1. The highest BCUT2D eigenvalue weighted by Crippen LogP contribution is 2.22. The molecule has 0 atom stereocenters. The van der Waals surface area contributed by atoms with Gasteiger partial charge in [0.25, 0.3) is 0 Å². The van der Waals surface area contributed by atoms with Crippen LogP contribution in [0.2, 0.25) is 10.0 Å². The molecule has 1 aromatic carbocycles. The average molecular weight is 325 g/mol. The molecule has 0 saturated heterocycles. The van der Waals surface area contributed by atoms with Gasteiger partial charge in [-0.3, -0.25) is 0 Å². The molecule has 2 aromatic rings. The summed E-state index contributed by atoms with van der Waals surface area (Å²) in [6.45, 7) is 0.665. The van der Waals surface area contributed by atoms with Crippen LogP contribution in [0.1, 0.15) is 11.1 Å². The van der Waals surface area contributed by atoms with Crippen LogP contribution in [-0.2, 0) is 13.1 Å². The van der Waals surface area contributed by atoms with Gasteiger partial charge in [0.05, 0.1) is 10.0 Å².